The number of thiophene rings is 1. The molecule has 2 heterocycles. The molecular weight excluding hydrogens is 581 g/mol. The standard InChI is InChI=1S/C23H15Cl4FN2OS2.C3H8/c1-12-10-30(11-14-2-4-15(24)7-18(14)25)22-13(6-16(28)8-17(12)22)3-5-20(31)29-33-21-9-19(26)23(27)32-21;1-3-2/h2-10H,11H2,1H3,(H,29,31);3H2,1-2H3/b5-3+;. The number of fused-ring (bicyclic) bond motifs is 1. The molecule has 0 aliphatic rings. The number of hydrogen-bond donors (Lipinski definition) is 1. The Morgan fingerprint density at radius 3 is 2.47 bits per heavy atom. The Bertz CT molecular complexity index is 1400. The Kier molecular flexibility index (Phi) is 10.6. The van der Waals surface area contributed by atoms with E-state index in [1.54, 1.807) is 24.3 Å². The van der Waals surface area contributed by atoms with Crippen LogP contribution < -0.4 is 4.72 Å². The molecule has 10 heteroatoms. The number of carbonyl (C=O) groups is 1. The molecule has 3 nitrogen and oxygen atoms in total. The van der Waals surface area contributed by atoms with Crippen molar-refractivity contribution in [1.29, 1.82) is 0 Å². The van der Waals surface area contributed by atoms with E-state index < -0.39 is 0 Å². The number of amides is 1. The summed E-state index contributed by atoms with van der Waals surface area (Å²) in [6.45, 7) is 6.63. The number of carbonyl (C=O) groups excluding carboxylic acids is 1. The lowest BCUT2D eigenvalue weighted by atomic mass is 10.1. The highest BCUT2D eigenvalue weighted by Gasteiger charge is 2.13. The van der Waals surface area contributed by atoms with Gasteiger partial charge >= 0.3 is 0 Å². The summed E-state index contributed by atoms with van der Waals surface area (Å²) in [5.74, 6) is -0.737. The monoisotopic (exact) mass is 602 g/mol. The van der Waals surface area contributed by atoms with Crippen molar-refractivity contribution < 1.29 is 9.18 Å². The number of benzene rings is 2. The van der Waals surface area contributed by atoms with Gasteiger partial charge in [-0.3, -0.25) is 9.52 Å². The quantitative estimate of drug-likeness (QED) is 0.176. The molecule has 2 aromatic heterocycles. The fourth-order valence-corrected chi connectivity index (χ4v) is 6.13. The van der Waals surface area contributed by atoms with Crippen molar-refractivity contribution in [3.63, 3.8) is 0 Å². The van der Waals surface area contributed by atoms with Gasteiger partial charge in [-0.05, 0) is 66.4 Å². The Balaban J connectivity index is 0.00000115. The summed E-state index contributed by atoms with van der Waals surface area (Å²) in [7, 11) is 0. The van der Waals surface area contributed by atoms with E-state index in [0.717, 1.165) is 38.2 Å². The van der Waals surface area contributed by atoms with E-state index in [2.05, 4.69) is 18.6 Å². The number of hydrogen-bond acceptors (Lipinski definition) is 3. The number of aromatic nitrogens is 1. The van der Waals surface area contributed by atoms with Gasteiger partial charge in [0, 0.05) is 39.8 Å². The average molecular weight is 604 g/mol. The maximum Gasteiger partial charge on any atom is 0.254 e. The maximum atomic E-state index is 14.3. The summed E-state index contributed by atoms with van der Waals surface area (Å²) in [4.78, 5) is 12.3. The zero-order valence-corrected chi connectivity index (χ0v) is 24.3. The van der Waals surface area contributed by atoms with Gasteiger partial charge in [-0.25, -0.2) is 4.39 Å². The van der Waals surface area contributed by atoms with Crippen LogP contribution in [0, 0.1) is 12.7 Å². The van der Waals surface area contributed by atoms with Crippen molar-refractivity contribution in [2.24, 2.45) is 0 Å². The van der Waals surface area contributed by atoms with Gasteiger partial charge in [0.1, 0.15) is 10.2 Å². The summed E-state index contributed by atoms with van der Waals surface area (Å²) in [6, 6.07) is 9.89. The van der Waals surface area contributed by atoms with Crippen LogP contribution in [-0.4, -0.2) is 10.5 Å². The molecule has 0 aliphatic heterocycles. The number of aryl methyl sites for hydroxylation is 1. The molecule has 0 fully saturated rings. The van der Waals surface area contributed by atoms with Crippen LogP contribution in [0.1, 0.15) is 37.0 Å². The molecule has 0 radical (unpaired) electrons. The molecule has 0 saturated heterocycles. The third kappa shape index (κ3) is 7.44. The van der Waals surface area contributed by atoms with E-state index >= 15 is 0 Å². The normalized spacial score (nSPS) is 11.1. The summed E-state index contributed by atoms with van der Waals surface area (Å²) < 4.78 is 20.2. The second-order valence-corrected chi connectivity index (χ2v) is 11.9. The second kappa shape index (κ2) is 13.2. The van der Waals surface area contributed by atoms with Gasteiger partial charge in [0.2, 0.25) is 0 Å². The molecule has 0 unspecified atom stereocenters. The Morgan fingerprint density at radius 2 is 1.83 bits per heavy atom. The summed E-state index contributed by atoms with van der Waals surface area (Å²) in [5.41, 5.74) is 3.16. The van der Waals surface area contributed by atoms with E-state index in [1.807, 2.05) is 23.8 Å². The number of nitrogens with one attached hydrogen (secondary N) is 1. The lowest BCUT2D eigenvalue weighted by Gasteiger charge is -2.10. The van der Waals surface area contributed by atoms with E-state index in [0.29, 0.717) is 31.5 Å². The smallest absolute Gasteiger partial charge is 0.254 e. The largest absolute Gasteiger partial charge is 0.342 e. The van der Waals surface area contributed by atoms with E-state index in [-0.39, 0.29) is 11.7 Å². The van der Waals surface area contributed by atoms with Crippen molar-refractivity contribution in [3.8, 4) is 0 Å². The highest BCUT2D eigenvalue weighted by Crippen LogP contribution is 2.36. The Labute approximate surface area is 238 Å². The van der Waals surface area contributed by atoms with Crippen LogP contribution in [0.3, 0.4) is 0 Å². The Morgan fingerprint density at radius 1 is 1.11 bits per heavy atom. The molecule has 4 aromatic rings. The second-order valence-electron chi connectivity index (χ2n) is 7.86. The minimum absolute atomic E-state index is 0.353. The van der Waals surface area contributed by atoms with Crippen LogP contribution in [0.25, 0.3) is 17.0 Å². The number of nitrogens with zero attached hydrogens (tertiary/aromatic N) is 1. The van der Waals surface area contributed by atoms with Gasteiger partial charge in [0.25, 0.3) is 5.91 Å². The van der Waals surface area contributed by atoms with Crippen molar-refractivity contribution in [2.45, 2.75) is 37.9 Å². The van der Waals surface area contributed by atoms with E-state index in [1.165, 1.54) is 36.0 Å². The van der Waals surface area contributed by atoms with Gasteiger partial charge in [-0.15, -0.1) is 11.3 Å². The molecule has 2 aromatic carbocycles. The molecule has 1 N–H and O–H groups in total. The van der Waals surface area contributed by atoms with Crippen molar-refractivity contribution in [2.75, 3.05) is 0 Å². The summed E-state index contributed by atoms with van der Waals surface area (Å²) in [5, 5.41) is 2.30. The first-order chi connectivity index (χ1) is 17.1. The summed E-state index contributed by atoms with van der Waals surface area (Å²) in [6.07, 6.45) is 6.14. The molecule has 1 amide bonds. The molecule has 0 aliphatic carbocycles. The van der Waals surface area contributed by atoms with Crippen LogP contribution in [0.5, 0.6) is 0 Å². The molecule has 0 saturated carbocycles. The highest BCUT2D eigenvalue weighted by atomic mass is 35.5. The fraction of sp³-hybridized carbons (Fsp3) is 0.192. The number of rotatable bonds is 6. The molecular formula is C26H23Cl4FN2OS2. The van der Waals surface area contributed by atoms with Crippen LogP contribution in [0.4, 0.5) is 4.39 Å². The first kappa shape index (κ1) is 28.9. The minimum atomic E-state index is -0.384. The molecule has 0 bridgehead atoms. The maximum absolute atomic E-state index is 14.3. The minimum Gasteiger partial charge on any atom is -0.342 e. The van der Waals surface area contributed by atoms with Gasteiger partial charge in [0.15, 0.2) is 0 Å². The third-order valence-electron chi connectivity index (χ3n) is 4.81. The van der Waals surface area contributed by atoms with Gasteiger partial charge in [0.05, 0.1) is 14.7 Å². The SMILES string of the molecule is CCC.Cc1cn(Cc2ccc(Cl)cc2Cl)c2c(/C=C/C(=O)NSc3cc(Cl)c(Cl)s3)cc(F)cc12. The molecule has 4 rings (SSSR count). The first-order valence-corrected chi connectivity index (χ1v) is 14.1. The first-order valence-electron chi connectivity index (χ1n) is 11.0. The Hall–Kier alpha value is -1.67. The fourth-order valence-electron chi connectivity index (χ4n) is 3.37. The predicted molar refractivity (Wildman–Crippen MR) is 156 cm³/mol. The molecule has 190 valence electrons. The van der Waals surface area contributed by atoms with Crippen molar-refractivity contribution >= 4 is 92.6 Å². The third-order valence-corrected chi connectivity index (χ3v) is 8.18. The van der Waals surface area contributed by atoms with Crippen molar-refractivity contribution in [3.05, 3.63) is 90.6 Å². The van der Waals surface area contributed by atoms with Gasteiger partial charge in [-0.2, -0.15) is 0 Å². The molecule has 0 spiro atoms. The topological polar surface area (TPSA) is 34.0 Å². The van der Waals surface area contributed by atoms with Crippen LogP contribution in [-0.2, 0) is 11.3 Å². The van der Waals surface area contributed by atoms with E-state index in [4.69, 9.17) is 46.4 Å². The van der Waals surface area contributed by atoms with Gasteiger partial charge in [-0.1, -0.05) is 72.7 Å². The lowest BCUT2D eigenvalue weighted by Crippen LogP contribution is -2.11. The molecule has 36 heavy (non-hydrogen) atoms. The van der Waals surface area contributed by atoms with E-state index in [9.17, 15) is 9.18 Å². The van der Waals surface area contributed by atoms with Crippen LogP contribution >= 0.6 is 69.7 Å². The van der Waals surface area contributed by atoms with Crippen LogP contribution in [0.15, 0.2) is 52.9 Å². The molecule has 0 atom stereocenters. The van der Waals surface area contributed by atoms with Crippen molar-refractivity contribution in [1.82, 2.24) is 9.29 Å². The summed E-state index contributed by atoms with van der Waals surface area (Å²) >= 11 is 26.6. The predicted octanol–water partition coefficient (Wildman–Crippen LogP) is 10.1. The lowest BCUT2D eigenvalue weighted by molar-refractivity contribution is -0.114. The number of halogens is 5. The highest BCUT2D eigenvalue weighted by molar-refractivity contribution is 7.99. The average Bonchev–Trinajstić information content (AvgIpc) is 3.30. The zero-order valence-electron chi connectivity index (χ0n) is 19.7. The van der Waals surface area contributed by atoms with Gasteiger partial charge < -0.3 is 4.57 Å². The zero-order chi connectivity index (χ0) is 26.4. The van der Waals surface area contributed by atoms with Crippen LogP contribution in [0.2, 0.25) is 19.4 Å².